The number of hydrogen-bond donors (Lipinski definition) is 0. The first kappa shape index (κ1) is 9.65. The van der Waals surface area contributed by atoms with Gasteiger partial charge in [0.1, 0.15) is 0 Å². The molecule has 76 valence electrons. The molecule has 0 saturated heterocycles. The van der Waals surface area contributed by atoms with Gasteiger partial charge in [0.25, 0.3) is 0 Å². The molecule has 0 radical (unpaired) electrons. The van der Waals surface area contributed by atoms with Crippen molar-refractivity contribution in [1.82, 2.24) is 0 Å². The number of likely N-dealkylation sites (N-methyl/N-ethyl adjacent to an activating group) is 1. The molecule has 0 fully saturated rings. The summed E-state index contributed by atoms with van der Waals surface area (Å²) < 4.78 is 0. The first-order valence-corrected chi connectivity index (χ1v) is 4.69. The second-order valence-corrected chi connectivity index (χ2v) is 3.54. The van der Waals surface area contributed by atoms with Gasteiger partial charge in [-0.2, -0.15) is 0 Å². The summed E-state index contributed by atoms with van der Waals surface area (Å²) in [6.45, 7) is 3.43. The summed E-state index contributed by atoms with van der Waals surface area (Å²) in [4.78, 5) is 24.4. The molecule has 1 aliphatic rings. The van der Waals surface area contributed by atoms with Gasteiger partial charge in [-0.25, -0.2) is 0 Å². The fourth-order valence-electron chi connectivity index (χ4n) is 1.74. The molecule has 1 heterocycles. The van der Waals surface area contributed by atoms with E-state index in [4.69, 9.17) is 0 Å². The number of ketones is 1. The van der Waals surface area contributed by atoms with Crippen LogP contribution in [0.4, 0.5) is 5.69 Å². The molecule has 1 aliphatic heterocycles. The third-order valence-electron chi connectivity index (χ3n) is 2.63. The average molecular weight is 201 g/mol. The molecule has 0 unspecified atom stereocenters. The predicted molar refractivity (Wildman–Crippen MR) is 58.1 cm³/mol. The number of hydrogen-bond acceptors (Lipinski definition) is 2. The molecule has 15 heavy (non-hydrogen) atoms. The maximum Gasteiger partial charge on any atom is 0.231 e. The van der Waals surface area contributed by atoms with Crippen molar-refractivity contribution in [3.05, 3.63) is 42.0 Å². The number of amides is 1. The van der Waals surface area contributed by atoms with E-state index in [1.54, 1.807) is 30.1 Å². The highest BCUT2D eigenvalue weighted by atomic mass is 16.2. The molecule has 2 rings (SSSR count). The molecule has 0 saturated carbocycles. The minimum absolute atomic E-state index is 0.0632. The second-order valence-electron chi connectivity index (χ2n) is 3.54. The number of fused-ring (bicyclic) bond motifs is 1. The van der Waals surface area contributed by atoms with Gasteiger partial charge in [0.2, 0.25) is 5.91 Å². The van der Waals surface area contributed by atoms with Crippen molar-refractivity contribution >= 4 is 17.4 Å². The van der Waals surface area contributed by atoms with Gasteiger partial charge in [0.15, 0.2) is 5.78 Å². The zero-order valence-electron chi connectivity index (χ0n) is 8.49. The fraction of sp³-hybridized carbons (Fsp3) is 0.167. The monoisotopic (exact) mass is 201 g/mol. The van der Waals surface area contributed by atoms with Gasteiger partial charge in [0.05, 0.1) is 6.42 Å². The number of benzene rings is 1. The van der Waals surface area contributed by atoms with E-state index in [0.717, 1.165) is 11.3 Å². The van der Waals surface area contributed by atoms with Crippen LogP contribution in [0.2, 0.25) is 0 Å². The lowest BCUT2D eigenvalue weighted by Gasteiger charge is -2.09. The van der Waals surface area contributed by atoms with Crippen molar-refractivity contribution < 1.29 is 9.59 Å². The SMILES string of the molecule is C=CC(=O)c1ccc2c(c1)CC(=O)N2C. The van der Waals surface area contributed by atoms with E-state index >= 15 is 0 Å². The Morgan fingerprint density at radius 2 is 2.27 bits per heavy atom. The molecule has 3 nitrogen and oxygen atoms in total. The lowest BCUT2D eigenvalue weighted by molar-refractivity contribution is -0.117. The predicted octanol–water partition coefficient (Wildman–Crippen LogP) is 1.57. The second kappa shape index (κ2) is 3.35. The molecule has 3 heteroatoms. The molecule has 1 aromatic carbocycles. The fourth-order valence-corrected chi connectivity index (χ4v) is 1.74. The molecule has 0 spiro atoms. The number of allylic oxidation sites excluding steroid dienone is 1. The van der Waals surface area contributed by atoms with Crippen LogP contribution in [0.15, 0.2) is 30.9 Å². The van der Waals surface area contributed by atoms with Crippen molar-refractivity contribution in [3.63, 3.8) is 0 Å². The summed E-state index contributed by atoms with van der Waals surface area (Å²) in [6.07, 6.45) is 1.66. The maximum atomic E-state index is 11.4. The maximum absolute atomic E-state index is 11.4. The highest BCUT2D eigenvalue weighted by Crippen LogP contribution is 2.28. The van der Waals surface area contributed by atoms with Crippen LogP contribution in [0.5, 0.6) is 0 Å². The Labute approximate surface area is 88.0 Å². The van der Waals surface area contributed by atoms with Crippen LogP contribution in [0.25, 0.3) is 0 Å². The van der Waals surface area contributed by atoms with E-state index in [1.165, 1.54) is 6.08 Å². The van der Waals surface area contributed by atoms with Crippen molar-refractivity contribution in [3.8, 4) is 0 Å². The van der Waals surface area contributed by atoms with Crippen molar-refractivity contribution in [2.45, 2.75) is 6.42 Å². The van der Waals surface area contributed by atoms with Gasteiger partial charge in [-0.1, -0.05) is 6.58 Å². The van der Waals surface area contributed by atoms with E-state index in [0.29, 0.717) is 12.0 Å². The van der Waals surface area contributed by atoms with Crippen LogP contribution >= 0.6 is 0 Å². The summed E-state index contributed by atoms with van der Waals surface area (Å²) in [5.74, 6) is -0.0481. The van der Waals surface area contributed by atoms with Gasteiger partial charge < -0.3 is 4.90 Å². The number of nitrogens with zero attached hydrogens (tertiary/aromatic N) is 1. The molecule has 0 bridgehead atoms. The van der Waals surface area contributed by atoms with Crippen LogP contribution in [-0.4, -0.2) is 18.7 Å². The number of carbonyl (C=O) groups is 2. The van der Waals surface area contributed by atoms with Gasteiger partial charge in [0, 0.05) is 18.3 Å². The van der Waals surface area contributed by atoms with Gasteiger partial charge in [-0.15, -0.1) is 0 Å². The summed E-state index contributed by atoms with van der Waals surface area (Å²) in [5.41, 5.74) is 2.39. The van der Waals surface area contributed by atoms with E-state index in [9.17, 15) is 9.59 Å². The number of carbonyl (C=O) groups excluding carboxylic acids is 2. The zero-order chi connectivity index (χ0) is 11.0. The lowest BCUT2D eigenvalue weighted by atomic mass is 10.1. The normalized spacial score (nSPS) is 13.9. The Kier molecular flexibility index (Phi) is 2.15. The molecule has 0 aliphatic carbocycles. The standard InChI is InChI=1S/C12H11NO2/c1-3-11(14)8-4-5-10-9(6-8)7-12(15)13(10)2/h3-6H,1,7H2,2H3. The Balaban J connectivity index is 2.46. The van der Waals surface area contributed by atoms with E-state index < -0.39 is 0 Å². The smallest absolute Gasteiger partial charge is 0.231 e. The molecule has 0 atom stereocenters. The third kappa shape index (κ3) is 1.46. The molecular weight excluding hydrogens is 190 g/mol. The van der Waals surface area contributed by atoms with Gasteiger partial charge >= 0.3 is 0 Å². The minimum Gasteiger partial charge on any atom is -0.315 e. The van der Waals surface area contributed by atoms with Crippen LogP contribution in [0.1, 0.15) is 15.9 Å². The number of rotatable bonds is 2. The van der Waals surface area contributed by atoms with Crippen molar-refractivity contribution in [2.24, 2.45) is 0 Å². The summed E-state index contributed by atoms with van der Waals surface area (Å²) in [6, 6.07) is 5.29. The highest BCUT2D eigenvalue weighted by Gasteiger charge is 2.24. The van der Waals surface area contributed by atoms with Crippen LogP contribution < -0.4 is 4.90 Å². The van der Waals surface area contributed by atoms with Crippen molar-refractivity contribution in [1.29, 1.82) is 0 Å². The van der Waals surface area contributed by atoms with Crippen LogP contribution in [0.3, 0.4) is 0 Å². The lowest BCUT2D eigenvalue weighted by Crippen LogP contribution is -2.20. The minimum atomic E-state index is -0.111. The Hall–Kier alpha value is -1.90. The van der Waals surface area contributed by atoms with Gasteiger partial charge in [-0.3, -0.25) is 9.59 Å². The Morgan fingerprint density at radius 1 is 1.53 bits per heavy atom. The van der Waals surface area contributed by atoms with E-state index in [1.807, 2.05) is 0 Å². The highest BCUT2D eigenvalue weighted by molar-refractivity contribution is 6.06. The van der Waals surface area contributed by atoms with Crippen LogP contribution in [-0.2, 0) is 11.2 Å². The molecular formula is C12H11NO2. The van der Waals surface area contributed by atoms with Gasteiger partial charge in [-0.05, 0) is 29.8 Å². The van der Waals surface area contributed by atoms with Crippen LogP contribution in [0, 0.1) is 0 Å². The zero-order valence-corrected chi connectivity index (χ0v) is 8.49. The topological polar surface area (TPSA) is 37.4 Å². The summed E-state index contributed by atoms with van der Waals surface area (Å²) in [7, 11) is 1.74. The van der Waals surface area contributed by atoms with Crippen molar-refractivity contribution in [2.75, 3.05) is 11.9 Å². The molecule has 1 amide bonds. The third-order valence-corrected chi connectivity index (χ3v) is 2.63. The van der Waals surface area contributed by atoms with E-state index in [-0.39, 0.29) is 11.7 Å². The first-order chi connectivity index (χ1) is 7.13. The summed E-state index contributed by atoms with van der Waals surface area (Å²) in [5, 5.41) is 0. The molecule has 0 aromatic heterocycles. The number of anilines is 1. The first-order valence-electron chi connectivity index (χ1n) is 4.69. The van der Waals surface area contributed by atoms with E-state index in [2.05, 4.69) is 6.58 Å². The largest absolute Gasteiger partial charge is 0.315 e. The molecule has 1 aromatic rings. The summed E-state index contributed by atoms with van der Waals surface area (Å²) >= 11 is 0. The Morgan fingerprint density at radius 3 is 2.93 bits per heavy atom. The average Bonchev–Trinajstić information content (AvgIpc) is 2.53. The Bertz CT molecular complexity index is 463. The quantitative estimate of drug-likeness (QED) is 0.538. The molecule has 0 N–H and O–H groups in total.